The summed E-state index contributed by atoms with van der Waals surface area (Å²) in [6, 6.07) is 13.9. The Hall–Kier alpha value is -5.00. The number of aryl methyl sites for hydroxylation is 1. The summed E-state index contributed by atoms with van der Waals surface area (Å²) < 4.78 is 9.23. The van der Waals surface area contributed by atoms with Crippen LogP contribution in [0.25, 0.3) is 22.6 Å². The van der Waals surface area contributed by atoms with E-state index in [1.54, 1.807) is 19.6 Å². The third-order valence-corrected chi connectivity index (χ3v) is 3.93. The highest BCUT2D eigenvalue weighted by Crippen LogP contribution is 2.27. The second-order valence-corrected chi connectivity index (χ2v) is 5.96. The standard InChI is InChI=1S/C19H17N5O.3CH2O2/c1-14-12-23(13-20-14)18-8-7-17(22-19(18)25-2)15-5-3-6-16(11-15)24-10-4-9-21-24;3*2-1-3/h3-13H,1-2H3;3*1H,(H,2,3). The summed E-state index contributed by atoms with van der Waals surface area (Å²) >= 11 is 0. The second-order valence-electron chi connectivity index (χ2n) is 5.96. The molecule has 4 aromatic rings. The van der Waals surface area contributed by atoms with Crippen LogP contribution in [0.15, 0.2) is 67.4 Å². The van der Waals surface area contributed by atoms with Gasteiger partial charge in [-0.1, -0.05) is 12.1 Å². The van der Waals surface area contributed by atoms with Crippen molar-refractivity contribution in [3.8, 4) is 28.5 Å². The SMILES string of the molecule is COc1nc(-c2cccc(-n3cccn3)c2)ccc1-n1cnc(C)c1.O=CO.O=CO.O=CO. The predicted molar refractivity (Wildman–Crippen MR) is 121 cm³/mol. The molecule has 0 aliphatic rings. The fourth-order valence-corrected chi connectivity index (χ4v) is 2.72. The minimum Gasteiger partial charge on any atom is -0.483 e. The molecule has 1 aromatic carbocycles. The van der Waals surface area contributed by atoms with Crippen molar-refractivity contribution in [2.24, 2.45) is 0 Å². The van der Waals surface area contributed by atoms with E-state index >= 15 is 0 Å². The van der Waals surface area contributed by atoms with Gasteiger partial charge in [0.2, 0.25) is 5.88 Å². The molecule has 178 valence electrons. The molecule has 12 heteroatoms. The molecule has 0 radical (unpaired) electrons. The van der Waals surface area contributed by atoms with E-state index in [1.807, 2.05) is 65.0 Å². The third-order valence-electron chi connectivity index (χ3n) is 3.93. The lowest BCUT2D eigenvalue weighted by atomic mass is 10.1. The Morgan fingerprint density at radius 3 is 2.18 bits per heavy atom. The number of ether oxygens (including phenoxy) is 1. The maximum Gasteiger partial charge on any atom is 0.290 e. The molecule has 0 aliphatic heterocycles. The minimum absolute atomic E-state index is 0.250. The van der Waals surface area contributed by atoms with E-state index in [2.05, 4.69) is 21.1 Å². The smallest absolute Gasteiger partial charge is 0.290 e. The molecule has 0 spiro atoms. The van der Waals surface area contributed by atoms with Gasteiger partial charge >= 0.3 is 0 Å². The molecule has 3 heterocycles. The first-order chi connectivity index (χ1) is 16.5. The van der Waals surface area contributed by atoms with Crippen molar-refractivity contribution in [2.75, 3.05) is 7.11 Å². The van der Waals surface area contributed by atoms with Crippen molar-refractivity contribution in [1.29, 1.82) is 0 Å². The van der Waals surface area contributed by atoms with Crippen LogP contribution in [-0.4, -0.2) is 66.2 Å². The third kappa shape index (κ3) is 7.92. The lowest BCUT2D eigenvalue weighted by molar-refractivity contribution is -0.123. The molecule has 34 heavy (non-hydrogen) atoms. The van der Waals surface area contributed by atoms with Crippen molar-refractivity contribution in [3.05, 3.63) is 73.1 Å². The number of aromatic nitrogens is 5. The van der Waals surface area contributed by atoms with Crippen LogP contribution in [-0.2, 0) is 14.4 Å². The van der Waals surface area contributed by atoms with Crippen molar-refractivity contribution in [3.63, 3.8) is 0 Å². The van der Waals surface area contributed by atoms with Crippen LogP contribution in [0.5, 0.6) is 5.88 Å². The first-order valence-corrected chi connectivity index (χ1v) is 9.39. The zero-order valence-corrected chi connectivity index (χ0v) is 18.3. The number of carbonyl (C=O) groups is 3. The summed E-state index contributed by atoms with van der Waals surface area (Å²) in [4.78, 5) is 34.0. The number of carboxylic acid groups (broad SMARTS) is 3. The molecule has 4 rings (SSSR count). The Kier molecular flexibility index (Phi) is 11.9. The van der Waals surface area contributed by atoms with E-state index in [9.17, 15) is 0 Å². The predicted octanol–water partition coefficient (Wildman–Crippen LogP) is 2.54. The lowest BCUT2D eigenvalue weighted by Gasteiger charge is -2.11. The van der Waals surface area contributed by atoms with Crippen LogP contribution in [0.3, 0.4) is 0 Å². The average Bonchev–Trinajstić information content (AvgIpc) is 3.53. The minimum atomic E-state index is -0.250. The lowest BCUT2D eigenvalue weighted by Crippen LogP contribution is -2.00. The van der Waals surface area contributed by atoms with E-state index in [0.29, 0.717) is 5.88 Å². The second kappa shape index (κ2) is 14.9. The van der Waals surface area contributed by atoms with Gasteiger partial charge in [-0.3, -0.25) is 14.4 Å². The largest absolute Gasteiger partial charge is 0.483 e. The Bertz CT molecular complexity index is 1150. The van der Waals surface area contributed by atoms with Gasteiger partial charge in [0.05, 0.1) is 30.5 Å². The van der Waals surface area contributed by atoms with Gasteiger partial charge in [0.1, 0.15) is 5.69 Å². The first-order valence-electron chi connectivity index (χ1n) is 9.39. The Morgan fingerprint density at radius 2 is 1.65 bits per heavy atom. The highest BCUT2D eigenvalue weighted by molar-refractivity contribution is 5.64. The van der Waals surface area contributed by atoms with Crippen LogP contribution < -0.4 is 4.74 Å². The number of hydrogen-bond acceptors (Lipinski definition) is 7. The van der Waals surface area contributed by atoms with E-state index in [-0.39, 0.29) is 19.4 Å². The number of imidazole rings is 1. The highest BCUT2D eigenvalue weighted by atomic mass is 16.5. The van der Waals surface area contributed by atoms with Gasteiger partial charge < -0.3 is 24.6 Å². The van der Waals surface area contributed by atoms with Gasteiger partial charge in [0, 0.05) is 24.2 Å². The summed E-state index contributed by atoms with van der Waals surface area (Å²) in [5.41, 5.74) is 4.62. The molecule has 0 saturated heterocycles. The number of methoxy groups -OCH3 is 1. The van der Waals surface area contributed by atoms with E-state index < -0.39 is 0 Å². The Balaban J connectivity index is 0.000000562. The van der Waals surface area contributed by atoms with Gasteiger partial charge in [-0.15, -0.1) is 0 Å². The van der Waals surface area contributed by atoms with Gasteiger partial charge in [-0.05, 0) is 37.3 Å². The Morgan fingerprint density at radius 1 is 0.971 bits per heavy atom. The van der Waals surface area contributed by atoms with E-state index in [0.717, 1.165) is 28.3 Å². The molecule has 0 atom stereocenters. The van der Waals surface area contributed by atoms with Crippen LogP contribution in [0.4, 0.5) is 0 Å². The van der Waals surface area contributed by atoms with E-state index in [1.165, 1.54) is 0 Å². The topological polar surface area (TPSA) is 170 Å². The first kappa shape index (κ1) is 27.0. The molecular formula is C22H23N5O7. The van der Waals surface area contributed by atoms with Crippen LogP contribution in [0.2, 0.25) is 0 Å². The van der Waals surface area contributed by atoms with Crippen molar-refractivity contribution >= 4 is 19.4 Å². The molecule has 12 nitrogen and oxygen atoms in total. The fourth-order valence-electron chi connectivity index (χ4n) is 2.72. The Labute approximate surface area is 194 Å². The number of rotatable bonds is 4. The molecule has 0 amide bonds. The monoisotopic (exact) mass is 469 g/mol. The number of pyridine rings is 1. The molecule has 0 fully saturated rings. The average molecular weight is 469 g/mol. The zero-order valence-electron chi connectivity index (χ0n) is 18.3. The summed E-state index contributed by atoms with van der Waals surface area (Å²) in [5, 5.41) is 24.9. The molecule has 3 N–H and O–H groups in total. The number of benzene rings is 1. The van der Waals surface area contributed by atoms with Gasteiger partial charge in [0.15, 0.2) is 0 Å². The summed E-state index contributed by atoms with van der Waals surface area (Å²) in [5.74, 6) is 0.555. The zero-order chi connectivity index (χ0) is 25.3. The van der Waals surface area contributed by atoms with E-state index in [4.69, 9.17) is 34.4 Å². The molecule has 3 aromatic heterocycles. The van der Waals surface area contributed by atoms with Crippen LogP contribution in [0.1, 0.15) is 5.69 Å². The summed E-state index contributed by atoms with van der Waals surface area (Å²) in [6.45, 7) is 1.20. The normalized spacial score (nSPS) is 9.00. The highest BCUT2D eigenvalue weighted by Gasteiger charge is 2.11. The number of nitrogens with zero attached hydrogens (tertiary/aromatic N) is 5. The van der Waals surface area contributed by atoms with Crippen molar-refractivity contribution in [2.45, 2.75) is 6.92 Å². The van der Waals surface area contributed by atoms with Crippen LogP contribution >= 0.6 is 0 Å². The quantitative estimate of drug-likeness (QED) is 0.377. The summed E-state index contributed by atoms with van der Waals surface area (Å²) in [7, 11) is 1.62. The van der Waals surface area contributed by atoms with Crippen LogP contribution in [0, 0.1) is 6.92 Å². The number of hydrogen-bond donors (Lipinski definition) is 3. The summed E-state index contributed by atoms with van der Waals surface area (Å²) in [6.07, 6.45) is 7.37. The van der Waals surface area contributed by atoms with Gasteiger partial charge in [-0.2, -0.15) is 5.10 Å². The van der Waals surface area contributed by atoms with Crippen molar-refractivity contribution < 1.29 is 34.4 Å². The fraction of sp³-hybridized carbons (Fsp3) is 0.0909. The van der Waals surface area contributed by atoms with Gasteiger partial charge in [0.25, 0.3) is 19.4 Å². The maximum atomic E-state index is 8.36. The maximum absolute atomic E-state index is 8.36. The molecule has 0 aliphatic carbocycles. The molecular weight excluding hydrogens is 446 g/mol. The van der Waals surface area contributed by atoms with Gasteiger partial charge in [-0.25, -0.2) is 14.6 Å². The molecule has 0 saturated carbocycles. The molecule has 0 unspecified atom stereocenters. The molecule has 0 bridgehead atoms. The van der Waals surface area contributed by atoms with Crippen molar-refractivity contribution in [1.82, 2.24) is 24.3 Å².